The minimum absolute atomic E-state index is 0.291. The number of amides is 2. The minimum atomic E-state index is -0.291. The van der Waals surface area contributed by atoms with Crippen LogP contribution in [0.15, 0.2) is 42.7 Å². The Hall–Kier alpha value is -2.67. The smallest absolute Gasteiger partial charge is 0.320 e. The Morgan fingerprint density at radius 1 is 1.13 bits per heavy atom. The highest BCUT2D eigenvalue weighted by molar-refractivity contribution is 5.88. The van der Waals surface area contributed by atoms with E-state index < -0.39 is 0 Å². The monoisotopic (exact) mass is 313 g/mol. The number of nitrogens with zero attached hydrogens (tertiary/aromatic N) is 3. The lowest BCUT2D eigenvalue weighted by atomic mass is 10.2. The van der Waals surface area contributed by atoms with Crippen LogP contribution in [0.25, 0.3) is 0 Å². The number of morpholine rings is 1. The Morgan fingerprint density at radius 2 is 1.96 bits per heavy atom. The number of anilines is 2. The third-order valence-electron chi connectivity index (χ3n) is 3.52. The number of carbonyl (C=O) groups is 1. The van der Waals surface area contributed by atoms with Gasteiger partial charge in [-0.1, -0.05) is 12.1 Å². The summed E-state index contributed by atoms with van der Waals surface area (Å²) in [5, 5.41) is 5.53. The van der Waals surface area contributed by atoms with E-state index in [1.165, 1.54) is 0 Å². The fourth-order valence-corrected chi connectivity index (χ4v) is 2.40. The molecule has 0 atom stereocenters. The van der Waals surface area contributed by atoms with Gasteiger partial charge in [-0.3, -0.25) is 5.32 Å². The van der Waals surface area contributed by atoms with Crippen molar-refractivity contribution in [3.05, 3.63) is 48.3 Å². The molecule has 1 saturated heterocycles. The number of urea groups is 1. The standard InChI is InChI=1S/C16H19N5O2/c22-16(20-14-5-1-2-6-17-14)19-12-13-4-3-7-18-15(13)21-8-10-23-11-9-21/h1-7H,8-12H2,(H2,17,19,20,22). The number of ether oxygens (including phenoxy) is 1. The Kier molecular flexibility index (Phi) is 5.00. The molecule has 0 aliphatic carbocycles. The maximum Gasteiger partial charge on any atom is 0.320 e. The first-order valence-corrected chi connectivity index (χ1v) is 7.55. The van der Waals surface area contributed by atoms with Crippen LogP contribution in [0, 0.1) is 0 Å². The largest absolute Gasteiger partial charge is 0.378 e. The summed E-state index contributed by atoms with van der Waals surface area (Å²) in [5.74, 6) is 1.42. The van der Waals surface area contributed by atoms with Gasteiger partial charge in [-0.2, -0.15) is 0 Å². The van der Waals surface area contributed by atoms with Crippen LogP contribution in [0.1, 0.15) is 5.56 Å². The van der Waals surface area contributed by atoms with Gasteiger partial charge in [-0.25, -0.2) is 14.8 Å². The summed E-state index contributed by atoms with van der Waals surface area (Å²) >= 11 is 0. The Labute approximate surface area is 134 Å². The number of nitrogens with one attached hydrogen (secondary N) is 2. The van der Waals surface area contributed by atoms with Crippen molar-refractivity contribution >= 4 is 17.7 Å². The van der Waals surface area contributed by atoms with Crippen LogP contribution in [0.3, 0.4) is 0 Å². The number of carbonyl (C=O) groups excluding carboxylic acids is 1. The quantitative estimate of drug-likeness (QED) is 0.897. The van der Waals surface area contributed by atoms with Gasteiger partial charge in [0.1, 0.15) is 11.6 Å². The Bertz CT molecular complexity index is 644. The van der Waals surface area contributed by atoms with E-state index in [-0.39, 0.29) is 6.03 Å². The maximum atomic E-state index is 12.0. The molecule has 2 aromatic heterocycles. The van der Waals surface area contributed by atoms with Gasteiger partial charge in [0.25, 0.3) is 0 Å². The normalized spacial score (nSPS) is 14.3. The SMILES string of the molecule is O=C(NCc1cccnc1N1CCOCC1)Nc1ccccn1. The van der Waals surface area contributed by atoms with Crippen molar-refractivity contribution in [2.75, 3.05) is 36.5 Å². The Balaban J connectivity index is 1.60. The molecular weight excluding hydrogens is 294 g/mol. The molecule has 120 valence electrons. The number of hydrogen-bond acceptors (Lipinski definition) is 5. The van der Waals surface area contributed by atoms with Crippen LogP contribution in [0.5, 0.6) is 0 Å². The van der Waals surface area contributed by atoms with Gasteiger partial charge in [0.05, 0.1) is 13.2 Å². The molecule has 23 heavy (non-hydrogen) atoms. The van der Waals surface area contributed by atoms with E-state index in [0.717, 1.165) is 24.5 Å². The van der Waals surface area contributed by atoms with Crippen molar-refractivity contribution in [1.29, 1.82) is 0 Å². The van der Waals surface area contributed by atoms with Crippen molar-refractivity contribution < 1.29 is 9.53 Å². The number of pyridine rings is 2. The summed E-state index contributed by atoms with van der Waals surface area (Å²) in [4.78, 5) is 22.6. The maximum absolute atomic E-state index is 12.0. The summed E-state index contributed by atoms with van der Waals surface area (Å²) in [6.45, 7) is 3.42. The molecule has 2 aromatic rings. The average Bonchev–Trinajstić information content (AvgIpc) is 2.62. The van der Waals surface area contributed by atoms with Crippen molar-refractivity contribution in [2.24, 2.45) is 0 Å². The summed E-state index contributed by atoms with van der Waals surface area (Å²) in [6, 6.07) is 8.91. The van der Waals surface area contributed by atoms with Crippen LogP contribution in [-0.2, 0) is 11.3 Å². The van der Waals surface area contributed by atoms with Crippen LogP contribution in [0.4, 0.5) is 16.4 Å². The zero-order chi connectivity index (χ0) is 15.9. The zero-order valence-corrected chi connectivity index (χ0v) is 12.7. The highest BCUT2D eigenvalue weighted by Crippen LogP contribution is 2.18. The average molecular weight is 313 g/mol. The first kappa shape index (κ1) is 15.2. The van der Waals surface area contributed by atoms with Gasteiger partial charge in [0, 0.05) is 37.6 Å². The van der Waals surface area contributed by atoms with Gasteiger partial charge < -0.3 is 15.0 Å². The topological polar surface area (TPSA) is 79.4 Å². The van der Waals surface area contributed by atoms with E-state index in [0.29, 0.717) is 25.6 Å². The molecule has 2 N–H and O–H groups in total. The lowest BCUT2D eigenvalue weighted by Gasteiger charge is -2.29. The van der Waals surface area contributed by atoms with E-state index >= 15 is 0 Å². The molecule has 1 aliphatic heterocycles. The Morgan fingerprint density at radius 3 is 2.74 bits per heavy atom. The summed E-state index contributed by atoms with van der Waals surface area (Å²) in [7, 11) is 0. The molecule has 1 fully saturated rings. The van der Waals surface area contributed by atoms with E-state index in [9.17, 15) is 4.79 Å². The molecule has 1 aliphatic rings. The van der Waals surface area contributed by atoms with Crippen molar-refractivity contribution in [1.82, 2.24) is 15.3 Å². The second-order valence-electron chi connectivity index (χ2n) is 5.11. The summed E-state index contributed by atoms with van der Waals surface area (Å²) in [5.41, 5.74) is 0.977. The van der Waals surface area contributed by atoms with Crippen molar-refractivity contribution in [2.45, 2.75) is 6.54 Å². The number of aromatic nitrogens is 2. The van der Waals surface area contributed by atoms with Crippen LogP contribution >= 0.6 is 0 Å². The molecule has 7 nitrogen and oxygen atoms in total. The van der Waals surface area contributed by atoms with Gasteiger partial charge in [0.15, 0.2) is 0 Å². The summed E-state index contributed by atoms with van der Waals surface area (Å²) < 4.78 is 5.37. The van der Waals surface area contributed by atoms with E-state index in [1.54, 1.807) is 24.5 Å². The fourth-order valence-electron chi connectivity index (χ4n) is 2.40. The second-order valence-corrected chi connectivity index (χ2v) is 5.11. The molecule has 0 unspecified atom stereocenters. The minimum Gasteiger partial charge on any atom is -0.378 e. The molecule has 0 bridgehead atoms. The highest BCUT2D eigenvalue weighted by Gasteiger charge is 2.16. The van der Waals surface area contributed by atoms with E-state index in [2.05, 4.69) is 25.5 Å². The lowest BCUT2D eigenvalue weighted by Crippen LogP contribution is -2.38. The van der Waals surface area contributed by atoms with E-state index in [4.69, 9.17) is 4.74 Å². The number of rotatable bonds is 4. The predicted octanol–water partition coefficient (Wildman–Crippen LogP) is 1.63. The molecule has 0 spiro atoms. The van der Waals surface area contributed by atoms with Crippen molar-refractivity contribution in [3.8, 4) is 0 Å². The molecule has 0 radical (unpaired) electrons. The van der Waals surface area contributed by atoms with Crippen molar-refractivity contribution in [3.63, 3.8) is 0 Å². The summed E-state index contributed by atoms with van der Waals surface area (Å²) in [6.07, 6.45) is 3.40. The molecule has 3 heterocycles. The van der Waals surface area contributed by atoms with Gasteiger partial charge in [0.2, 0.25) is 0 Å². The van der Waals surface area contributed by atoms with Gasteiger partial charge >= 0.3 is 6.03 Å². The molecule has 0 aromatic carbocycles. The molecule has 7 heteroatoms. The molecular formula is C16H19N5O2. The highest BCUT2D eigenvalue weighted by atomic mass is 16.5. The van der Waals surface area contributed by atoms with Crippen LogP contribution in [-0.4, -0.2) is 42.3 Å². The van der Waals surface area contributed by atoms with Gasteiger partial charge in [-0.05, 0) is 18.2 Å². The van der Waals surface area contributed by atoms with E-state index in [1.807, 2.05) is 18.2 Å². The first-order valence-electron chi connectivity index (χ1n) is 7.55. The van der Waals surface area contributed by atoms with Crippen LogP contribution < -0.4 is 15.5 Å². The predicted molar refractivity (Wildman–Crippen MR) is 87.4 cm³/mol. The second kappa shape index (κ2) is 7.55. The molecule has 3 rings (SSSR count). The third-order valence-corrected chi connectivity index (χ3v) is 3.52. The van der Waals surface area contributed by atoms with Gasteiger partial charge in [-0.15, -0.1) is 0 Å². The fraction of sp³-hybridized carbons (Fsp3) is 0.312. The van der Waals surface area contributed by atoms with Crippen LogP contribution in [0.2, 0.25) is 0 Å². The molecule has 0 saturated carbocycles. The zero-order valence-electron chi connectivity index (χ0n) is 12.7. The number of hydrogen-bond donors (Lipinski definition) is 2. The molecule has 2 amide bonds. The lowest BCUT2D eigenvalue weighted by molar-refractivity contribution is 0.122. The first-order chi connectivity index (χ1) is 11.3. The third kappa shape index (κ3) is 4.17.